The lowest BCUT2D eigenvalue weighted by atomic mass is 10.2. The number of nitrogens with one attached hydrogen (secondary N) is 1. The van der Waals surface area contributed by atoms with Gasteiger partial charge in [-0.3, -0.25) is 9.59 Å². The Labute approximate surface area is 166 Å². The number of H-pyrrole nitrogens is 1. The Morgan fingerprint density at radius 2 is 2.11 bits per heavy atom. The number of nitrogens with zero attached hydrogens (tertiary/aromatic N) is 3. The molecule has 2 aromatic heterocycles. The zero-order valence-electron chi connectivity index (χ0n) is 15.4. The first-order valence-electron chi connectivity index (χ1n) is 8.81. The predicted molar refractivity (Wildman–Crippen MR) is 111 cm³/mol. The van der Waals surface area contributed by atoms with Crippen LogP contribution < -0.4 is 5.56 Å². The first kappa shape index (κ1) is 19.6. The number of amides is 1. The molecule has 0 aliphatic rings. The number of fused-ring (bicyclic) bond motifs is 1. The van der Waals surface area contributed by atoms with Crippen molar-refractivity contribution in [2.45, 2.75) is 32.6 Å². The average molecular weight is 403 g/mol. The van der Waals surface area contributed by atoms with Gasteiger partial charge in [0.25, 0.3) is 5.56 Å². The monoisotopic (exact) mass is 402 g/mol. The molecule has 0 radical (unpaired) electrons. The first-order chi connectivity index (χ1) is 13.1. The zero-order valence-corrected chi connectivity index (χ0v) is 17.0. The lowest BCUT2D eigenvalue weighted by molar-refractivity contribution is -0.131. The highest BCUT2D eigenvalue weighted by Gasteiger charge is 2.14. The summed E-state index contributed by atoms with van der Waals surface area (Å²) in [5, 5.41) is 3.68. The molecule has 0 atom stereocenters. The van der Waals surface area contributed by atoms with Crippen LogP contribution in [0.25, 0.3) is 10.9 Å². The number of thiazole rings is 1. The molecule has 0 unspecified atom stereocenters. The van der Waals surface area contributed by atoms with E-state index in [1.807, 2.05) is 32.0 Å². The Morgan fingerprint density at radius 1 is 1.30 bits per heavy atom. The number of aryl methyl sites for hydroxylation is 1. The Bertz CT molecular complexity index is 983. The van der Waals surface area contributed by atoms with Crippen molar-refractivity contribution in [2.24, 2.45) is 0 Å². The molecule has 3 rings (SSSR count). The predicted octanol–water partition coefficient (Wildman–Crippen LogP) is 3.36. The minimum atomic E-state index is -0.173. The molecule has 3 aromatic rings. The molecule has 142 valence electrons. The number of para-hydroxylation sites is 1. The van der Waals surface area contributed by atoms with Gasteiger partial charge < -0.3 is 9.88 Å². The smallest absolute Gasteiger partial charge is 0.258 e. The van der Waals surface area contributed by atoms with E-state index in [2.05, 4.69) is 20.3 Å². The van der Waals surface area contributed by atoms with E-state index >= 15 is 0 Å². The van der Waals surface area contributed by atoms with Gasteiger partial charge in [0.15, 0.2) is 0 Å². The largest absolute Gasteiger partial charge is 0.335 e. The van der Waals surface area contributed by atoms with Gasteiger partial charge in [-0.2, -0.15) is 11.8 Å². The fraction of sp³-hybridized carbons (Fsp3) is 0.368. The number of hydrogen-bond donors (Lipinski definition) is 1. The van der Waals surface area contributed by atoms with Crippen LogP contribution in [-0.4, -0.2) is 38.1 Å². The van der Waals surface area contributed by atoms with Crippen molar-refractivity contribution in [2.75, 3.05) is 12.3 Å². The van der Waals surface area contributed by atoms with Gasteiger partial charge >= 0.3 is 0 Å². The molecule has 0 spiro atoms. The normalized spacial score (nSPS) is 11.0. The topological polar surface area (TPSA) is 79.0 Å². The zero-order chi connectivity index (χ0) is 19.2. The Hall–Kier alpha value is -2.19. The third-order valence-electron chi connectivity index (χ3n) is 4.11. The molecule has 0 aliphatic carbocycles. The summed E-state index contributed by atoms with van der Waals surface area (Å²) < 4.78 is 0. The number of benzene rings is 1. The lowest BCUT2D eigenvalue weighted by Gasteiger charge is -2.20. The molecule has 1 amide bonds. The highest BCUT2D eigenvalue weighted by atomic mass is 32.2. The van der Waals surface area contributed by atoms with E-state index in [9.17, 15) is 9.59 Å². The van der Waals surface area contributed by atoms with Crippen molar-refractivity contribution in [1.29, 1.82) is 0 Å². The summed E-state index contributed by atoms with van der Waals surface area (Å²) in [4.78, 5) is 38.1. The number of rotatable bonds is 8. The Morgan fingerprint density at radius 3 is 2.85 bits per heavy atom. The maximum absolute atomic E-state index is 12.5. The lowest BCUT2D eigenvalue weighted by Crippen LogP contribution is -2.32. The fourth-order valence-electron chi connectivity index (χ4n) is 2.74. The molecule has 1 N–H and O–H groups in total. The second-order valence-corrected chi connectivity index (χ2v) is 8.27. The summed E-state index contributed by atoms with van der Waals surface area (Å²) >= 11 is 3.35. The van der Waals surface area contributed by atoms with Gasteiger partial charge in [0.05, 0.1) is 28.1 Å². The van der Waals surface area contributed by atoms with Crippen LogP contribution in [0, 0.1) is 6.92 Å². The van der Waals surface area contributed by atoms with Crippen LogP contribution in [0.3, 0.4) is 0 Å². The molecule has 0 saturated carbocycles. The minimum absolute atomic E-state index is 0.0651. The van der Waals surface area contributed by atoms with Crippen molar-refractivity contribution in [3.63, 3.8) is 0 Å². The van der Waals surface area contributed by atoms with Gasteiger partial charge in [0.2, 0.25) is 5.91 Å². The fourth-order valence-corrected chi connectivity index (χ4v) is 4.27. The number of carbonyl (C=O) groups is 1. The molecule has 8 heteroatoms. The number of aromatic nitrogens is 3. The van der Waals surface area contributed by atoms with Crippen molar-refractivity contribution in [3.8, 4) is 0 Å². The molecule has 27 heavy (non-hydrogen) atoms. The van der Waals surface area contributed by atoms with E-state index in [1.54, 1.807) is 34.1 Å². The quantitative estimate of drug-likeness (QED) is 0.585. The summed E-state index contributed by atoms with van der Waals surface area (Å²) in [5.74, 6) is 2.14. The van der Waals surface area contributed by atoms with Crippen LogP contribution in [0.2, 0.25) is 0 Å². The van der Waals surface area contributed by atoms with E-state index in [0.717, 1.165) is 22.2 Å². The van der Waals surface area contributed by atoms with Crippen LogP contribution in [0.5, 0.6) is 0 Å². The van der Waals surface area contributed by atoms with E-state index in [1.165, 1.54) is 0 Å². The maximum atomic E-state index is 12.5. The highest BCUT2D eigenvalue weighted by molar-refractivity contribution is 7.98. The van der Waals surface area contributed by atoms with E-state index in [0.29, 0.717) is 36.2 Å². The number of carbonyl (C=O) groups excluding carboxylic acids is 1. The van der Waals surface area contributed by atoms with Gasteiger partial charge in [-0.05, 0) is 26.0 Å². The molecule has 0 bridgehead atoms. The number of thioether (sulfide) groups is 1. The third kappa shape index (κ3) is 5.17. The van der Waals surface area contributed by atoms with Crippen LogP contribution >= 0.6 is 23.1 Å². The van der Waals surface area contributed by atoms with E-state index < -0.39 is 0 Å². The van der Waals surface area contributed by atoms with Crippen molar-refractivity contribution in [3.05, 3.63) is 56.5 Å². The van der Waals surface area contributed by atoms with Crippen LogP contribution in [0.15, 0.2) is 34.4 Å². The molecule has 6 nitrogen and oxygen atoms in total. The van der Waals surface area contributed by atoms with Crippen LogP contribution in [0.1, 0.15) is 29.9 Å². The summed E-state index contributed by atoms with van der Waals surface area (Å²) in [6.07, 6.45) is 0.458. The van der Waals surface area contributed by atoms with Crippen LogP contribution in [-0.2, 0) is 17.1 Å². The van der Waals surface area contributed by atoms with Gasteiger partial charge in [-0.15, -0.1) is 11.3 Å². The Kier molecular flexibility index (Phi) is 6.63. The van der Waals surface area contributed by atoms with Crippen molar-refractivity contribution < 1.29 is 4.79 Å². The first-order valence-corrected chi connectivity index (χ1v) is 10.8. The third-order valence-corrected chi connectivity index (χ3v) is 5.93. The summed E-state index contributed by atoms with van der Waals surface area (Å²) in [5.41, 5.74) is 1.54. The molecule has 0 saturated heterocycles. The molecular formula is C19H22N4O2S2. The molecule has 1 aromatic carbocycles. The maximum Gasteiger partial charge on any atom is 0.258 e. The van der Waals surface area contributed by atoms with Crippen molar-refractivity contribution in [1.82, 2.24) is 19.9 Å². The van der Waals surface area contributed by atoms with Gasteiger partial charge in [0, 0.05) is 29.9 Å². The molecule has 0 fully saturated rings. The van der Waals surface area contributed by atoms with Gasteiger partial charge in [-0.25, -0.2) is 9.97 Å². The molecule has 2 heterocycles. The summed E-state index contributed by atoms with van der Waals surface area (Å²) in [6.45, 7) is 4.81. The highest BCUT2D eigenvalue weighted by Crippen LogP contribution is 2.16. The second kappa shape index (κ2) is 9.14. The SMILES string of the molecule is CCN(Cc1nc2ccccc2c(=O)[nH]1)C(=O)CCSCc1csc(C)n1. The van der Waals surface area contributed by atoms with Crippen LogP contribution in [0.4, 0.5) is 0 Å². The number of aromatic amines is 1. The molecular weight excluding hydrogens is 380 g/mol. The van der Waals surface area contributed by atoms with E-state index in [4.69, 9.17) is 0 Å². The standard InChI is InChI=1S/C19H22N4O2S2/c1-3-23(18(24)8-9-26-11-14-12-27-13(2)20-14)10-17-21-16-7-5-4-6-15(16)19(25)22-17/h4-7,12H,3,8-11H2,1-2H3,(H,21,22,25). The summed E-state index contributed by atoms with van der Waals surface area (Å²) in [7, 11) is 0. The Balaban J connectivity index is 1.56. The molecule has 0 aliphatic heterocycles. The minimum Gasteiger partial charge on any atom is -0.335 e. The van der Waals surface area contributed by atoms with Crippen molar-refractivity contribution >= 4 is 39.9 Å². The average Bonchev–Trinajstić information content (AvgIpc) is 3.08. The second-order valence-electron chi connectivity index (χ2n) is 6.10. The number of hydrogen-bond acceptors (Lipinski definition) is 6. The van der Waals surface area contributed by atoms with E-state index in [-0.39, 0.29) is 11.5 Å². The van der Waals surface area contributed by atoms with Gasteiger partial charge in [0.1, 0.15) is 5.82 Å². The van der Waals surface area contributed by atoms with Gasteiger partial charge in [-0.1, -0.05) is 12.1 Å². The summed E-state index contributed by atoms with van der Waals surface area (Å²) in [6, 6.07) is 7.21.